The highest BCUT2D eigenvalue weighted by Gasteiger charge is 2.37. The number of nitrogens with one attached hydrogen (secondary N) is 1. The van der Waals surface area contributed by atoms with Gasteiger partial charge < -0.3 is 5.32 Å². The maximum absolute atomic E-state index is 13.9. The largest absolute Gasteiger partial charge is 0.385 e. The quantitative estimate of drug-likeness (QED) is 0.291. The molecule has 1 heterocycles. The molecule has 1 aliphatic rings. The fourth-order valence-corrected chi connectivity index (χ4v) is 4.69. The van der Waals surface area contributed by atoms with Crippen LogP contribution in [0.15, 0.2) is 48.5 Å². The normalized spacial score (nSPS) is 13.5. The summed E-state index contributed by atoms with van der Waals surface area (Å²) in [5.74, 6) is -0.518. The molecule has 0 aromatic heterocycles. The van der Waals surface area contributed by atoms with Crippen LogP contribution in [0, 0.1) is 0 Å². The Morgan fingerprint density at radius 3 is 2.03 bits per heavy atom. The van der Waals surface area contributed by atoms with Crippen molar-refractivity contribution in [3.63, 3.8) is 0 Å². The summed E-state index contributed by atoms with van der Waals surface area (Å²) < 4.78 is 0. The molecule has 4 heteroatoms. The minimum absolute atomic E-state index is 0.107. The van der Waals surface area contributed by atoms with E-state index in [0.29, 0.717) is 16.8 Å². The number of imide groups is 1. The molecule has 0 aliphatic carbocycles. The van der Waals surface area contributed by atoms with E-state index in [0.717, 1.165) is 47.0 Å². The molecule has 0 spiro atoms. The number of anilines is 2. The molecular formula is C32H42N2O2. The van der Waals surface area contributed by atoms with Crippen LogP contribution in [-0.4, -0.2) is 18.4 Å². The van der Waals surface area contributed by atoms with Gasteiger partial charge in [0, 0.05) is 34.1 Å². The highest BCUT2D eigenvalue weighted by Crippen LogP contribution is 2.41. The first-order valence-corrected chi connectivity index (χ1v) is 13.3. The zero-order valence-electron chi connectivity index (χ0n) is 23.5. The minimum atomic E-state index is -0.259. The highest BCUT2D eigenvalue weighted by molar-refractivity contribution is 6.36. The predicted octanol–water partition coefficient (Wildman–Crippen LogP) is 8.47. The Morgan fingerprint density at radius 2 is 1.44 bits per heavy atom. The molecule has 1 N–H and O–H groups in total. The number of nitrogens with zero attached hydrogens (tertiary/aromatic N) is 1. The summed E-state index contributed by atoms with van der Waals surface area (Å²) in [4.78, 5) is 29.2. The van der Waals surface area contributed by atoms with Gasteiger partial charge in [-0.1, -0.05) is 93.0 Å². The molecule has 1 aliphatic heterocycles. The Kier molecular flexibility index (Phi) is 7.97. The molecular weight excluding hydrogens is 444 g/mol. The van der Waals surface area contributed by atoms with Crippen molar-refractivity contribution in [1.82, 2.24) is 0 Å². The average molecular weight is 487 g/mol. The summed E-state index contributed by atoms with van der Waals surface area (Å²) in [7, 11) is 0. The topological polar surface area (TPSA) is 49.4 Å². The van der Waals surface area contributed by atoms with Gasteiger partial charge in [0.05, 0.1) is 5.69 Å². The Balaban J connectivity index is 0.00000176. The van der Waals surface area contributed by atoms with Gasteiger partial charge in [-0.25, -0.2) is 4.90 Å². The van der Waals surface area contributed by atoms with Crippen LogP contribution >= 0.6 is 0 Å². The molecule has 0 saturated heterocycles. The van der Waals surface area contributed by atoms with Crippen LogP contribution in [-0.2, 0) is 10.8 Å². The van der Waals surface area contributed by atoms with Gasteiger partial charge in [0.15, 0.2) is 0 Å². The van der Waals surface area contributed by atoms with E-state index in [1.165, 1.54) is 4.90 Å². The van der Waals surface area contributed by atoms with E-state index < -0.39 is 0 Å². The van der Waals surface area contributed by atoms with Crippen molar-refractivity contribution in [3.8, 4) is 0 Å². The third kappa shape index (κ3) is 5.04. The van der Waals surface area contributed by atoms with Crippen LogP contribution in [0.1, 0.15) is 107 Å². The van der Waals surface area contributed by atoms with Gasteiger partial charge >= 0.3 is 0 Å². The fraction of sp³-hybridized carbons (Fsp3) is 0.438. The SMILES string of the molecule is CC.CCCCNc1ccc2c3c(cccc13)C(=O)N(c1cc(C(C)(C)C)ccc1C(C)(C)C)C2=O. The van der Waals surface area contributed by atoms with Crippen LogP contribution in [0.25, 0.3) is 10.8 Å². The van der Waals surface area contributed by atoms with Gasteiger partial charge in [0.1, 0.15) is 0 Å². The number of amides is 2. The van der Waals surface area contributed by atoms with E-state index in [4.69, 9.17) is 0 Å². The van der Waals surface area contributed by atoms with E-state index in [9.17, 15) is 9.59 Å². The first kappa shape index (κ1) is 27.4. The summed E-state index contributed by atoms with van der Waals surface area (Å²) in [6.45, 7) is 19.8. The zero-order valence-corrected chi connectivity index (χ0v) is 23.5. The summed E-state index contributed by atoms with van der Waals surface area (Å²) in [6, 6.07) is 15.8. The summed E-state index contributed by atoms with van der Waals surface area (Å²) in [6.07, 6.45) is 2.16. The molecule has 3 aromatic carbocycles. The van der Waals surface area contributed by atoms with Gasteiger partial charge in [-0.2, -0.15) is 0 Å². The number of hydrogen-bond acceptors (Lipinski definition) is 3. The summed E-state index contributed by atoms with van der Waals surface area (Å²) in [5.41, 5.74) is 4.54. The molecule has 4 rings (SSSR count). The van der Waals surface area contributed by atoms with Crippen LogP contribution in [0.5, 0.6) is 0 Å². The summed E-state index contributed by atoms with van der Waals surface area (Å²) >= 11 is 0. The fourth-order valence-electron chi connectivity index (χ4n) is 4.69. The van der Waals surface area contributed by atoms with Gasteiger partial charge in [0.2, 0.25) is 0 Å². The minimum Gasteiger partial charge on any atom is -0.385 e. The number of hydrogen-bond donors (Lipinski definition) is 1. The molecule has 2 amide bonds. The first-order chi connectivity index (χ1) is 16.9. The van der Waals surface area contributed by atoms with E-state index in [2.05, 4.69) is 65.9 Å². The average Bonchev–Trinajstić information content (AvgIpc) is 2.83. The van der Waals surface area contributed by atoms with Crippen molar-refractivity contribution in [3.05, 3.63) is 70.8 Å². The van der Waals surface area contributed by atoms with Gasteiger partial charge in [0.25, 0.3) is 11.8 Å². The Labute approximate surface area is 217 Å². The molecule has 0 bridgehead atoms. The van der Waals surface area contributed by atoms with Crippen LogP contribution in [0.4, 0.5) is 11.4 Å². The first-order valence-electron chi connectivity index (χ1n) is 13.3. The molecule has 0 fully saturated rings. The van der Waals surface area contributed by atoms with Crippen LogP contribution in [0.3, 0.4) is 0 Å². The Hall–Kier alpha value is -3.14. The summed E-state index contributed by atoms with van der Waals surface area (Å²) in [5, 5.41) is 5.15. The maximum Gasteiger partial charge on any atom is 0.265 e. The molecule has 0 atom stereocenters. The van der Waals surface area contributed by atoms with Crippen molar-refractivity contribution in [2.75, 3.05) is 16.8 Å². The number of unbranched alkanes of at least 4 members (excludes halogenated alkanes) is 1. The lowest BCUT2D eigenvalue weighted by Crippen LogP contribution is -2.42. The lowest BCUT2D eigenvalue weighted by molar-refractivity contribution is 0.0893. The third-order valence-corrected chi connectivity index (χ3v) is 6.67. The van der Waals surface area contributed by atoms with Crippen molar-refractivity contribution in [2.24, 2.45) is 0 Å². The second-order valence-corrected chi connectivity index (χ2v) is 11.3. The maximum atomic E-state index is 13.9. The van der Waals surface area contributed by atoms with E-state index in [1.54, 1.807) is 0 Å². The van der Waals surface area contributed by atoms with Crippen molar-refractivity contribution in [2.45, 2.75) is 86.0 Å². The monoisotopic (exact) mass is 486 g/mol. The van der Waals surface area contributed by atoms with Gasteiger partial charge in [-0.3, -0.25) is 9.59 Å². The predicted molar refractivity (Wildman–Crippen MR) is 154 cm³/mol. The lowest BCUT2D eigenvalue weighted by Gasteiger charge is -2.34. The smallest absolute Gasteiger partial charge is 0.265 e. The molecule has 0 radical (unpaired) electrons. The van der Waals surface area contributed by atoms with E-state index in [-0.39, 0.29) is 22.6 Å². The van der Waals surface area contributed by atoms with E-state index >= 15 is 0 Å². The highest BCUT2D eigenvalue weighted by atomic mass is 16.2. The Morgan fingerprint density at radius 1 is 0.806 bits per heavy atom. The van der Waals surface area contributed by atoms with Crippen molar-refractivity contribution < 1.29 is 9.59 Å². The molecule has 0 saturated carbocycles. The number of benzene rings is 3. The van der Waals surface area contributed by atoms with Crippen molar-refractivity contribution >= 4 is 34.0 Å². The van der Waals surface area contributed by atoms with E-state index in [1.807, 2.05) is 50.2 Å². The number of carbonyl (C=O) groups excluding carboxylic acids is 2. The molecule has 4 nitrogen and oxygen atoms in total. The molecule has 36 heavy (non-hydrogen) atoms. The second kappa shape index (κ2) is 10.5. The lowest BCUT2D eigenvalue weighted by atomic mass is 9.80. The zero-order chi connectivity index (χ0) is 26.8. The van der Waals surface area contributed by atoms with Crippen molar-refractivity contribution in [1.29, 1.82) is 0 Å². The molecule has 0 unspecified atom stereocenters. The number of carbonyl (C=O) groups is 2. The second-order valence-electron chi connectivity index (χ2n) is 11.3. The van der Waals surface area contributed by atoms with Gasteiger partial charge in [-0.05, 0) is 52.6 Å². The molecule has 3 aromatic rings. The van der Waals surface area contributed by atoms with Gasteiger partial charge in [-0.15, -0.1) is 0 Å². The number of rotatable bonds is 5. The molecule has 192 valence electrons. The Bertz CT molecular complexity index is 1250. The van der Waals surface area contributed by atoms with Crippen LogP contribution in [0.2, 0.25) is 0 Å². The third-order valence-electron chi connectivity index (χ3n) is 6.67. The van der Waals surface area contributed by atoms with Crippen LogP contribution < -0.4 is 10.2 Å². The standard InChI is InChI=1S/C30H36N2O2.C2H6/c1-8-9-17-31-24-16-14-22-26-20(24)11-10-12-21(26)27(33)32(28(22)34)25-18-19(29(2,3)4)13-15-23(25)30(5,6)7;1-2/h10-16,18,31H,8-9,17H2,1-7H3;1-2H3.